The summed E-state index contributed by atoms with van der Waals surface area (Å²) >= 11 is 0. The van der Waals surface area contributed by atoms with E-state index in [4.69, 9.17) is 4.74 Å². The van der Waals surface area contributed by atoms with Gasteiger partial charge in [-0.3, -0.25) is 4.79 Å². The highest BCUT2D eigenvalue weighted by Gasteiger charge is 2.42. The number of hydrogen-bond acceptors (Lipinski definition) is 3. The zero-order valence-corrected chi connectivity index (χ0v) is 13.7. The number of aryl methyl sites for hydroxylation is 1. The maximum absolute atomic E-state index is 12.5. The first-order chi connectivity index (χ1) is 11.6. The van der Waals surface area contributed by atoms with Crippen molar-refractivity contribution in [3.8, 4) is 0 Å². The molecule has 4 heteroatoms. The number of fused-ring (bicyclic) bond motifs is 1. The van der Waals surface area contributed by atoms with Crippen LogP contribution in [-0.2, 0) is 22.4 Å². The molecule has 0 radical (unpaired) electrons. The number of carbonyl (C=O) groups is 2. The van der Waals surface area contributed by atoms with Crippen molar-refractivity contribution in [1.82, 2.24) is 5.32 Å². The lowest BCUT2D eigenvalue weighted by Gasteiger charge is -2.33. The van der Waals surface area contributed by atoms with E-state index in [1.807, 2.05) is 30.3 Å². The minimum atomic E-state index is -1.14. The largest absolute Gasteiger partial charge is 0.445 e. The Hall–Kier alpha value is -2.62. The molecule has 1 N–H and O–H groups in total. The van der Waals surface area contributed by atoms with Gasteiger partial charge in [-0.25, -0.2) is 4.79 Å². The number of amides is 1. The van der Waals surface area contributed by atoms with Crippen molar-refractivity contribution in [2.24, 2.45) is 0 Å². The summed E-state index contributed by atoms with van der Waals surface area (Å²) in [6, 6.07) is 17.4. The van der Waals surface area contributed by atoms with Crippen LogP contribution >= 0.6 is 0 Å². The van der Waals surface area contributed by atoms with E-state index in [0.717, 1.165) is 18.4 Å². The molecule has 2 aromatic rings. The molecule has 0 spiro atoms. The van der Waals surface area contributed by atoms with Gasteiger partial charge in [-0.05, 0) is 37.0 Å². The van der Waals surface area contributed by atoms with Crippen molar-refractivity contribution in [1.29, 1.82) is 0 Å². The first-order valence-electron chi connectivity index (χ1n) is 8.22. The standard InChI is InChI=1S/C20H21NO3/c1-20(14-16-11-5-6-12-17(16)18(22)24-20)19(23)21-13-7-10-15-8-3-2-4-9-15/h2-6,8-9,11-12H,7,10,13-14H2,1H3,(H,21,23). The summed E-state index contributed by atoms with van der Waals surface area (Å²) in [7, 11) is 0. The maximum Gasteiger partial charge on any atom is 0.339 e. The highest BCUT2D eigenvalue weighted by Crippen LogP contribution is 2.28. The second-order valence-corrected chi connectivity index (χ2v) is 6.30. The summed E-state index contributed by atoms with van der Waals surface area (Å²) in [6.45, 7) is 2.23. The maximum atomic E-state index is 12.5. The second-order valence-electron chi connectivity index (χ2n) is 6.30. The third-order valence-electron chi connectivity index (χ3n) is 4.33. The van der Waals surface area contributed by atoms with Crippen molar-refractivity contribution < 1.29 is 14.3 Å². The SMILES string of the molecule is CC1(C(=O)NCCCc2ccccc2)Cc2ccccc2C(=O)O1. The molecule has 0 fully saturated rings. The molecular formula is C20H21NO3. The quantitative estimate of drug-likeness (QED) is 0.680. The van der Waals surface area contributed by atoms with Gasteiger partial charge in [0.25, 0.3) is 5.91 Å². The van der Waals surface area contributed by atoms with E-state index < -0.39 is 11.6 Å². The first kappa shape index (κ1) is 16.2. The number of benzene rings is 2. The number of rotatable bonds is 5. The normalized spacial score (nSPS) is 19.3. The Morgan fingerprint density at radius 3 is 2.62 bits per heavy atom. The molecular weight excluding hydrogens is 302 g/mol. The van der Waals surface area contributed by atoms with Gasteiger partial charge in [-0.1, -0.05) is 48.5 Å². The molecule has 1 heterocycles. The van der Waals surface area contributed by atoms with Gasteiger partial charge in [0.15, 0.2) is 5.60 Å². The van der Waals surface area contributed by atoms with Crippen molar-refractivity contribution >= 4 is 11.9 Å². The molecule has 1 unspecified atom stereocenters. The lowest BCUT2D eigenvalue weighted by molar-refractivity contribution is -0.139. The van der Waals surface area contributed by atoms with Crippen molar-refractivity contribution in [3.63, 3.8) is 0 Å². The van der Waals surface area contributed by atoms with Gasteiger partial charge in [0.2, 0.25) is 0 Å². The third kappa shape index (κ3) is 3.48. The van der Waals surface area contributed by atoms with Gasteiger partial charge in [0, 0.05) is 13.0 Å². The number of nitrogens with one attached hydrogen (secondary N) is 1. The molecule has 1 amide bonds. The van der Waals surface area contributed by atoms with Crippen LogP contribution in [0.1, 0.15) is 34.8 Å². The highest BCUT2D eigenvalue weighted by molar-refractivity contribution is 5.97. The predicted octanol–water partition coefficient (Wildman–Crippen LogP) is 2.91. The molecule has 1 aliphatic heterocycles. The fraction of sp³-hybridized carbons (Fsp3) is 0.300. The van der Waals surface area contributed by atoms with Crippen LogP contribution in [0.25, 0.3) is 0 Å². The molecule has 3 rings (SSSR count). The minimum absolute atomic E-state index is 0.238. The Bertz CT molecular complexity index is 742. The molecule has 1 atom stereocenters. The number of carbonyl (C=O) groups excluding carboxylic acids is 2. The summed E-state index contributed by atoms with van der Waals surface area (Å²) in [4.78, 5) is 24.6. The van der Waals surface area contributed by atoms with E-state index in [2.05, 4.69) is 17.4 Å². The van der Waals surface area contributed by atoms with E-state index in [1.165, 1.54) is 5.56 Å². The molecule has 0 aliphatic carbocycles. The molecule has 24 heavy (non-hydrogen) atoms. The summed E-state index contributed by atoms with van der Waals surface area (Å²) < 4.78 is 5.43. The average Bonchev–Trinajstić information content (AvgIpc) is 2.59. The van der Waals surface area contributed by atoms with Gasteiger partial charge >= 0.3 is 5.97 Å². The van der Waals surface area contributed by atoms with E-state index in [9.17, 15) is 9.59 Å². The predicted molar refractivity (Wildman–Crippen MR) is 91.7 cm³/mol. The van der Waals surface area contributed by atoms with Gasteiger partial charge in [-0.15, -0.1) is 0 Å². The van der Waals surface area contributed by atoms with Crippen molar-refractivity contribution in [2.45, 2.75) is 31.8 Å². The zero-order valence-electron chi connectivity index (χ0n) is 13.7. The number of esters is 1. The molecule has 0 bridgehead atoms. The summed E-state index contributed by atoms with van der Waals surface area (Å²) in [6.07, 6.45) is 2.15. The van der Waals surface area contributed by atoms with Crippen molar-refractivity contribution in [2.75, 3.05) is 6.54 Å². The number of cyclic esters (lactones) is 1. The van der Waals surface area contributed by atoms with Gasteiger partial charge in [0.05, 0.1) is 5.56 Å². The molecule has 4 nitrogen and oxygen atoms in total. The minimum Gasteiger partial charge on any atom is -0.445 e. The molecule has 1 aliphatic rings. The topological polar surface area (TPSA) is 55.4 Å². The van der Waals surface area contributed by atoms with E-state index in [0.29, 0.717) is 18.5 Å². The molecule has 0 aromatic heterocycles. The summed E-state index contributed by atoms with van der Waals surface area (Å²) in [5.41, 5.74) is 1.51. The van der Waals surface area contributed by atoms with Crippen LogP contribution in [0, 0.1) is 0 Å². The lowest BCUT2D eigenvalue weighted by atomic mass is 9.89. The van der Waals surface area contributed by atoms with Crippen molar-refractivity contribution in [3.05, 3.63) is 71.3 Å². The number of hydrogen-bond donors (Lipinski definition) is 1. The Labute approximate surface area is 141 Å². The van der Waals surface area contributed by atoms with Crippen LogP contribution in [0.5, 0.6) is 0 Å². The second kappa shape index (κ2) is 6.87. The van der Waals surface area contributed by atoms with Crippen LogP contribution in [0.2, 0.25) is 0 Å². The van der Waals surface area contributed by atoms with E-state index in [1.54, 1.807) is 19.1 Å². The summed E-state index contributed by atoms with van der Waals surface area (Å²) in [5, 5.41) is 2.90. The van der Waals surface area contributed by atoms with Gasteiger partial charge < -0.3 is 10.1 Å². The highest BCUT2D eigenvalue weighted by atomic mass is 16.6. The third-order valence-corrected chi connectivity index (χ3v) is 4.33. The van der Waals surface area contributed by atoms with Gasteiger partial charge in [-0.2, -0.15) is 0 Å². The van der Waals surface area contributed by atoms with E-state index in [-0.39, 0.29) is 5.91 Å². The number of ether oxygens (including phenoxy) is 1. The lowest BCUT2D eigenvalue weighted by Crippen LogP contribution is -2.51. The monoisotopic (exact) mass is 323 g/mol. The Morgan fingerprint density at radius 1 is 1.12 bits per heavy atom. The smallest absolute Gasteiger partial charge is 0.339 e. The van der Waals surface area contributed by atoms with Crippen LogP contribution < -0.4 is 5.32 Å². The van der Waals surface area contributed by atoms with Crippen LogP contribution in [0.4, 0.5) is 0 Å². The van der Waals surface area contributed by atoms with E-state index >= 15 is 0 Å². The molecule has 124 valence electrons. The van der Waals surface area contributed by atoms with Crippen LogP contribution in [0.15, 0.2) is 54.6 Å². The van der Waals surface area contributed by atoms with Gasteiger partial charge in [0.1, 0.15) is 0 Å². The Balaban J connectivity index is 1.56. The summed E-state index contributed by atoms with van der Waals surface area (Å²) in [5.74, 6) is -0.669. The van der Waals surface area contributed by atoms with Crippen LogP contribution in [0.3, 0.4) is 0 Å². The Kier molecular flexibility index (Phi) is 4.65. The average molecular weight is 323 g/mol. The Morgan fingerprint density at radius 2 is 1.83 bits per heavy atom. The first-order valence-corrected chi connectivity index (χ1v) is 8.22. The molecule has 2 aromatic carbocycles. The molecule has 0 saturated carbocycles. The zero-order chi connectivity index (χ0) is 17.0. The fourth-order valence-electron chi connectivity index (χ4n) is 2.99. The molecule has 0 saturated heterocycles. The fourth-order valence-corrected chi connectivity index (χ4v) is 2.99. The van der Waals surface area contributed by atoms with Crippen LogP contribution in [-0.4, -0.2) is 24.0 Å².